The molecule has 1 atom stereocenters. The normalized spacial score (nSPS) is 12.2. The van der Waals surface area contributed by atoms with Gasteiger partial charge in [-0.1, -0.05) is 31.2 Å². The highest BCUT2D eigenvalue weighted by Crippen LogP contribution is 2.29. The van der Waals surface area contributed by atoms with E-state index >= 15 is 0 Å². The molecule has 0 heterocycles. The number of nitrogens with one attached hydrogen (secondary N) is 1. The Morgan fingerprint density at radius 1 is 1.25 bits per heavy atom. The molecular formula is C16H17FINO. The van der Waals surface area contributed by atoms with Crippen molar-refractivity contribution in [3.63, 3.8) is 0 Å². The van der Waals surface area contributed by atoms with Gasteiger partial charge in [-0.2, -0.15) is 0 Å². The second kappa shape index (κ2) is 7.04. The molecule has 0 fully saturated rings. The van der Waals surface area contributed by atoms with E-state index in [4.69, 9.17) is 4.74 Å². The summed E-state index contributed by atoms with van der Waals surface area (Å²) in [6.07, 6.45) is 0. The van der Waals surface area contributed by atoms with Crippen molar-refractivity contribution in [2.75, 3.05) is 13.7 Å². The first-order valence-electron chi connectivity index (χ1n) is 6.48. The number of methoxy groups -OCH3 is 1. The molecule has 2 nitrogen and oxygen atoms in total. The minimum atomic E-state index is -0.306. The molecule has 20 heavy (non-hydrogen) atoms. The molecule has 106 valence electrons. The smallest absolute Gasteiger partial charge is 0.170 e. The second-order valence-corrected chi connectivity index (χ2v) is 5.65. The first-order valence-corrected chi connectivity index (χ1v) is 7.56. The van der Waals surface area contributed by atoms with E-state index in [1.54, 1.807) is 12.1 Å². The third-order valence-corrected chi connectivity index (χ3v) is 3.79. The van der Waals surface area contributed by atoms with Gasteiger partial charge in [0.2, 0.25) is 0 Å². The molecule has 0 amide bonds. The topological polar surface area (TPSA) is 21.3 Å². The summed E-state index contributed by atoms with van der Waals surface area (Å²) in [4.78, 5) is 0. The molecule has 2 aromatic carbocycles. The van der Waals surface area contributed by atoms with Crippen LogP contribution in [0.1, 0.15) is 24.1 Å². The van der Waals surface area contributed by atoms with E-state index in [9.17, 15) is 4.39 Å². The van der Waals surface area contributed by atoms with Gasteiger partial charge in [0.15, 0.2) is 11.6 Å². The third-order valence-electron chi connectivity index (χ3n) is 3.11. The van der Waals surface area contributed by atoms with Crippen LogP contribution in [0.2, 0.25) is 0 Å². The number of hydrogen-bond acceptors (Lipinski definition) is 2. The fourth-order valence-electron chi connectivity index (χ4n) is 2.21. The molecule has 0 spiro atoms. The Morgan fingerprint density at radius 2 is 2.00 bits per heavy atom. The van der Waals surface area contributed by atoms with Crippen molar-refractivity contribution in [1.82, 2.24) is 5.32 Å². The largest absolute Gasteiger partial charge is 0.494 e. The van der Waals surface area contributed by atoms with Gasteiger partial charge in [-0.3, -0.25) is 0 Å². The van der Waals surface area contributed by atoms with Crippen LogP contribution in [0.5, 0.6) is 5.75 Å². The van der Waals surface area contributed by atoms with Gasteiger partial charge in [0.1, 0.15) is 0 Å². The quantitative estimate of drug-likeness (QED) is 0.782. The lowest BCUT2D eigenvalue weighted by molar-refractivity contribution is 0.381. The maximum absolute atomic E-state index is 14.5. The minimum absolute atomic E-state index is 0.176. The Kier molecular flexibility index (Phi) is 5.37. The predicted molar refractivity (Wildman–Crippen MR) is 87.6 cm³/mol. The van der Waals surface area contributed by atoms with Crippen molar-refractivity contribution in [3.05, 3.63) is 63.0 Å². The van der Waals surface area contributed by atoms with Crippen molar-refractivity contribution in [1.29, 1.82) is 0 Å². The molecule has 0 aliphatic carbocycles. The molecule has 2 rings (SSSR count). The van der Waals surface area contributed by atoms with Crippen molar-refractivity contribution < 1.29 is 9.13 Å². The Balaban J connectivity index is 2.48. The van der Waals surface area contributed by atoms with Crippen LogP contribution in [0.3, 0.4) is 0 Å². The van der Waals surface area contributed by atoms with Gasteiger partial charge in [0, 0.05) is 9.13 Å². The summed E-state index contributed by atoms with van der Waals surface area (Å²) in [5.74, 6) is -0.0316. The zero-order valence-corrected chi connectivity index (χ0v) is 13.6. The number of rotatable bonds is 5. The molecule has 1 unspecified atom stereocenters. The van der Waals surface area contributed by atoms with Crippen LogP contribution in [0.4, 0.5) is 4.39 Å². The van der Waals surface area contributed by atoms with E-state index in [0.717, 1.165) is 15.7 Å². The standard InChI is InChI=1S/C16H17FINO/c1-3-19-16(11-6-4-7-12(18)10-11)13-8-5-9-14(20-2)15(13)17/h4-10,16,19H,3H2,1-2H3. The van der Waals surface area contributed by atoms with Crippen LogP contribution in [0.15, 0.2) is 42.5 Å². The van der Waals surface area contributed by atoms with Gasteiger partial charge in [0.25, 0.3) is 0 Å². The predicted octanol–water partition coefficient (Wildman–Crippen LogP) is 4.14. The molecule has 2 aromatic rings. The van der Waals surface area contributed by atoms with E-state index in [-0.39, 0.29) is 17.6 Å². The van der Waals surface area contributed by atoms with Gasteiger partial charge in [0.05, 0.1) is 13.2 Å². The summed E-state index contributed by atoms with van der Waals surface area (Å²) in [6, 6.07) is 13.2. The van der Waals surface area contributed by atoms with E-state index < -0.39 is 0 Å². The molecule has 0 saturated heterocycles. The highest BCUT2D eigenvalue weighted by Gasteiger charge is 2.19. The van der Waals surface area contributed by atoms with Gasteiger partial charge in [-0.25, -0.2) is 4.39 Å². The second-order valence-electron chi connectivity index (χ2n) is 4.41. The molecule has 0 bridgehead atoms. The van der Waals surface area contributed by atoms with Crippen molar-refractivity contribution >= 4 is 22.6 Å². The van der Waals surface area contributed by atoms with Crippen LogP contribution in [0, 0.1) is 9.39 Å². The van der Waals surface area contributed by atoms with Gasteiger partial charge < -0.3 is 10.1 Å². The molecule has 4 heteroatoms. The van der Waals surface area contributed by atoms with E-state index in [1.807, 2.05) is 31.2 Å². The summed E-state index contributed by atoms with van der Waals surface area (Å²) in [7, 11) is 1.48. The summed E-state index contributed by atoms with van der Waals surface area (Å²) in [5, 5.41) is 3.34. The summed E-state index contributed by atoms with van der Waals surface area (Å²) in [5.41, 5.74) is 1.65. The van der Waals surface area contributed by atoms with Crippen LogP contribution in [-0.4, -0.2) is 13.7 Å². The summed E-state index contributed by atoms with van der Waals surface area (Å²) >= 11 is 2.26. The molecular weight excluding hydrogens is 368 g/mol. The zero-order valence-electron chi connectivity index (χ0n) is 11.5. The Hall–Kier alpha value is -1.14. The van der Waals surface area contributed by atoms with Gasteiger partial charge in [-0.15, -0.1) is 0 Å². The molecule has 0 aliphatic heterocycles. The number of benzene rings is 2. The van der Waals surface area contributed by atoms with Gasteiger partial charge in [-0.05, 0) is 52.9 Å². The van der Waals surface area contributed by atoms with Crippen LogP contribution in [0.25, 0.3) is 0 Å². The molecule has 0 aromatic heterocycles. The fourth-order valence-corrected chi connectivity index (χ4v) is 2.77. The van der Waals surface area contributed by atoms with Crippen LogP contribution < -0.4 is 10.1 Å². The summed E-state index contributed by atoms with van der Waals surface area (Å²) < 4.78 is 20.7. The van der Waals surface area contributed by atoms with E-state index in [0.29, 0.717) is 5.56 Å². The zero-order chi connectivity index (χ0) is 14.5. The van der Waals surface area contributed by atoms with Crippen molar-refractivity contribution in [2.45, 2.75) is 13.0 Å². The average molecular weight is 385 g/mol. The Labute approximate surface area is 132 Å². The molecule has 0 aliphatic rings. The van der Waals surface area contributed by atoms with E-state index in [1.165, 1.54) is 7.11 Å². The molecule has 0 saturated carbocycles. The lowest BCUT2D eigenvalue weighted by atomic mass is 9.98. The number of hydrogen-bond donors (Lipinski definition) is 1. The fraction of sp³-hybridized carbons (Fsp3) is 0.250. The maximum Gasteiger partial charge on any atom is 0.170 e. The Morgan fingerprint density at radius 3 is 2.65 bits per heavy atom. The molecule has 0 radical (unpaired) electrons. The number of ether oxygens (including phenoxy) is 1. The average Bonchev–Trinajstić information content (AvgIpc) is 2.45. The van der Waals surface area contributed by atoms with Crippen molar-refractivity contribution in [2.24, 2.45) is 0 Å². The maximum atomic E-state index is 14.5. The van der Waals surface area contributed by atoms with E-state index in [2.05, 4.69) is 34.0 Å². The van der Waals surface area contributed by atoms with Crippen LogP contribution in [-0.2, 0) is 0 Å². The lowest BCUT2D eigenvalue weighted by Gasteiger charge is -2.20. The van der Waals surface area contributed by atoms with Crippen molar-refractivity contribution in [3.8, 4) is 5.75 Å². The van der Waals surface area contributed by atoms with Crippen LogP contribution >= 0.6 is 22.6 Å². The minimum Gasteiger partial charge on any atom is -0.494 e. The highest BCUT2D eigenvalue weighted by atomic mass is 127. The first kappa shape index (κ1) is 15.3. The van der Waals surface area contributed by atoms with Gasteiger partial charge >= 0.3 is 0 Å². The SMILES string of the molecule is CCNC(c1cccc(I)c1)c1cccc(OC)c1F. The summed E-state index contributed by atoms with van der Waals surface area (Å²) in [6.45, 7) is 2.77. The third kappa shape index (κ3) is 3.30. The lowest BCUT2D eigenvalue weighted by Crippen LogP contribution is -2.23. The Bertz CT molecular complexity index is 588. The monoisotopic (exact) mass is 385 g/mol. The first-order chi connectivity index (χ1) is 9.67. The molecule has 1 N–H and O–H groups in total. The highest BCUT2D eigenvalue weighted by molar-refractivity contribution is 14.1. The number of halogens is 2.